The lowest BCUT2D eigenvalue weighted by atomic mass is 10.0. The number of pyridine rings is 1. The van der Waals surface area contributed by atoms with Crippen molar-refractivity contribution in [2.45, 2.75) is 32.4 Å². The molecule has 100 valence electrons. The number of nitrogens with one attached hydrogen (secondary N) is 1. The number of nitrogens with zero attached hydrogens (tertiary/aromatic N) is 1. The van der Waals surface area contributed by atoms with E-state index < -0.39 is 0 Å². The van der Waals surface area contributed by atoms with Crippen LogP contribution in [0.25, 0.3) is 0 Å². The first-order chi connectivity index (χ1) is 9.20. The van der Waals surface area contributed by atoms with Crippen LogP contribution in [0.2, 0.25) is 0 Å². The molecule has 19 heavy (non-hydrogen) atoms. The van der Waals surface area contributed by atoms with Gasteiger partial charge in [-0.15, -0.1) is 0 Å². The normalized spacial score (nSPS) is 14.1. The molecule has 0 saturated carbocycles. The van der Waals surface area contributed by atoms with Crippen molar-refractivity contribution < 1.29 is 0 Å². The summed E-state index contributed by atoms with van der Waals surface area (Å²) in [4.78, 5) is 4.18. The third-order valence-corrected chi connectivity index (χ3v) is 3.84. The summed E-state index contributed by atoms with van der Waals surface area (Å²) in [7, 11) is 0. The van der Waals surface area contributed by atoms with Gasteiger partial charge in [0.1, 0.15) is 0 Å². The molecule has 1 aromatic carbocycles. The van der Waals surface area contributed by atoms with Crippen LogP contribution in [-0.2, 0) is 0 Å². The lowest BCUT2D eigenvalue weighted by molar-refractivity contribution is 0.455. The van der Waals surface area contributed by atoms with Crippen molar-refractivity contribution in [1.82, 2.24) is 10.3 Å². The highest BCUT2D eigenvalue weighted by molar-refractivity contribution is 9.10. The molecule has 0 aliphatic heterocycles. The van der Waals surface area contributed by atoms with Crippen molar-refractivity contribution >= 4 is 15.9 Å². The monoisotopic (exact) mass is 318 g/mol. The number of benzene rings is 1. The molecule has 2 nitrogen and oxygen atoms in total. The maximum atomic E-state index is 4.18. The maximum absolute atomic E-state index is 4.18. The zero-order valence-corrected chi connectivity index (χ0v) is 12.9. The van der Waals surface area contributed by atoms with Crippen LogP contribution in [0, 0.1) is 0 Å². The summed E-state index contributed by atoms with van der Waals surface area (Å²) in [5.41, 5.74) is 2.54. The van der Waals surface area contributed by atoms with Crippen molar-refractivity contribution in [1.29, 1.82) is 0 Å². The molecule has 1 unspecified atom stereocenters. The number of aromatic nitrogens is 1. The minimum absolute atomic E-state index is 0.294. The van der Waals surface area contributed by atoms with Gasteiger partial charge >= 0.3 is 0 Å². The van der Waals surface area contributed by atoms with Gasteiger partial charge in [0.05, 0.1) is 0 Å². The number of halogens is 1. The van der Waals surface area contributed by atoms with Crippen LogP contribution in [0.5, 0.6) is 0 Å². The third-order valence-electron chi connectivity index (χ3n) is 3.32. The van der Waals surface area contributed by atoms with E-state index in [1.807, 2.05) is 18.5 Å². The molecule has 1 heterocycles. The van der Waals surface area contributed by atoms with Gasteiger partial charge in [-0.2, -0.15) is 0 Å². The van der Waals surface area contributed by atoms with Gasteiger partial charge in [0.2, 0.25) is 0 Å². The Hall–Kier alpha value is -1.19. The fourth-order valence-corrected chi connectivity index (χ4v) is 2.44. The minimum Gasteiger partial charge on any atom is -0.303 e. The quantitative estimate of drug-likeness (QED) is 0.868. The molecule has 0 amide bonds. The second-order valence-corrected chi connectivity index (χ2v) is 5.60. The lowest BCUT2D eigenvalue weighted by Gasteiger charge is -2.23. The van der Waals surface area contributed by atoms with Crippen molar-refractivity contribution in [3.8, 4) is 0 Å². The number of rotatable bonds is 5. The molecule has 3 heteroatoms. The van der Waals surface area contributed by atoms with E-state index in [0.29, 0.717) is 12.1 Å². The Morgan fingerprint density at radius 2 is 1.89 bits per heavy atom. The Morgan fingerprint density at radius 1 is 1.16 bits per heavy atom. The van der Waals surface area contributed by atoms with Gasteiger partial charge in [0, 0.05) is 29.0 Å². The van der Waals surface area contributed by atoms with Crippen molar-refractivity contribution in [2.24, 2.45) is 0 Å². The molecule has 0 spiro atoms. The fraction of sp³-hybridized carbons (Fsp3) is 0.312. The Kier molecular flexibility index (Phi) is 5.11. The Bertz CT molecular complexity index is 496. The molecule has 0 aliphatic rings. The van der Waals surface area contributed by atoms with Crippen LogP contribution in [0.4, 0.5) is 0 Å². The minimum atomic E-state index is 0.294. The predicted octanol–water partition coefficient (Wildman–Crippen LogP) is 4.65. The van der Waals surface area contributed by atoms with Gasteiger partial charge in [-0.3, -0.25) is 4.98 Å². The molecule has 0 radical (unpaired) electrons. The molecule has 1 N–H and O–H groups in total. The summed E-state index contributed by atoms with van der Waals surface area (Å²) in [6, 6.07) is 13.3. The summed E-state index contributed by atoms with van der Waals surface area (Å²) in [5, 5.41) is 3.66. The van der Waals surface area contributed by atoms with Gasteiger partial charge in [-0.25, -0.2) is 0 Å². The van der Waals surface area contributed by atoms with Crippen LogP contribution in [0.1, 0.15) is 43.5 Å². The van der Waals surface area contributed by atoms with Crippen molar-refractivity contribution in [2.75, 3.05) is 0 Å². The number of hydrogen-bond acceptors (Lipinski definition) is 2. The van der Waals surface area contributed by atoms with Gasteiger partial charge in [0.15, 0.2) is 0 Å². The highest BCUT2D eigenvalue weighted by Crippen LogP contribution is 2.23. The van der Waals surface area contributed by atoms with Crippen LogP contribution in [-0.4, -0.2) is 4.98 Å². The van der Waals surface area contributed by atoms with E-state index in [4.69, 9.17) is 0 Å². The molecule has 0 saturated heterocycles. The van der Waals surface area contributed by atoms with E-state index in [9.17, 15) is 0 Å². The summed E-state index contributed by atoms with van der Waals surface area (Å²) in [6.07, 6.45) is 4.79. The molecule has 1 aromatic heterocycles. The first kappa shape index (κ1) is 14.2. The highest BCUT2D eigenvalue weighted by atomic mass is 79.9. The predicted molar refractivity (Wildman–Crippen MR) is 83.0 cm³/mol. The van der Waals surface area contributed by atoms with E-state index in [-0.39, 0.29) is 0 Å². The van der Waals surface area contributed by atoms with Crippen molar-refractivity contribution in [3.05, 3.63) is 64.4 Å². The highest BCUT2D eigenvalue weighted by Gasteiger charge is 2.13. The molecule has 2 aromatic rings. The van der Waals surface area contributed by atoms with Crippen LogP contribution in [0.15, 0.2) is 53.3 Å². The molecular formula is C16H19BrN2. The Balaban J connectivity index is 2.09. The average Bonchev–Trinajstić information content (AvgIpc) is 2.46. The third kappa shape index (κ3) is 3.88. The van der Waals surface area contributed by atoms with Gasteiger partial charge in [-0.05, 0) is 42.7 Å². The maximum Gasteiger partial charge on any atom is 0.0323 e. The molecule has 0 bridgehead atoms. The smallest absolute Gasteiger partial charge is 0.0323 e. The first-order valence-electron chi connectivity index (χ1n) is 6.62. The average molecular weight is 319 g/mol. The topological polar surface area (TPSA) is 24.9 Å². The van der Waals surface area contributed by atoms with E-state index in [0.717, 1.165) is 10.9 Å². The Morgan fingerprint density at radius 3 is 2.47 bits per heavy atom. The van der Waals surface area contributed by atoms with E-state index in [1.54, 1.807) is 0 Å². The zero-order chi connectivity index (χ0) is 13.7. The van der Waals surface area contributed by atoms with Gasteiger partial charge in [0.25, 0.3) is 0 Å². The molecule has 0 fully saturated rings. The molecule has 2 atom stereocenters. The summed E-state index contributed by atoms with van der Waals surface area (Å²) < 4.78 is 1.12. The summed E-state index contributed by atoms with van der Waals surface area (Å²) in [6.45, 7) is 4.38. The largest absolute Gasteiger partial charge is 0.303 e. The Labute approximate surface area is 123 Å². The molecule has 2 rings (SSSR count). The molecule has 0 aliphatic carbocycles. The van der Waals surface area contributed by atoms with Crippen molar-refractivity contribution in [3.63, 3.8) is 0 Å². The van der Waals surface area contributed by atoms with Crippen LogP contribution in [0.3, 0.4) is 0 Å². The number of hydrogen-bond donors (Lipinski definition) is 1. The van der Waals surface area contributed by atoms with Gasteiger partial charge < -0.3 is 5.32 Å². The zero-order valence-electron chi connectivity index (χ0n) is 11.3. The fourth-order valence-electron chi connectivity index (χ4n) is 2.17. The first-order valence-corrected chi connectivity index (χ1v) is 7.41. The summed E-state index contributed by atoms with van der Waals surface area (Å²) in [5.74, 6) is 0. The second kappa shape index (κ2) is 6.83. The van der Waals surface area contributed by atoms with E-state index in [2.05, 4.69) is 70.4 Å². The summed E-state index contributed by atoms with van der Waals surface area (Å²) >= 11 is 3.48. The van der Waals surface area contributed by atoms with E-state index in [1.165, 1.54) is 11.1 Å². The standard InChI is InChI=1S/C16H19BrN2/c1-3-16(13-6-8-15(17)9-7-13)19-12(2)14-5-4-10-18-11-14/h4-12,16,19H,3H2,1-2H3/t12-,16?/m0/s1. The van der Waals surface area contributed by atoms with E-state index >= 15 is 0 Å². The SMILES string of the molecule is CCC(N[C@@H](C)c1cccnc1)c1ccc(Br)cc1. The van der Waals surface area contributed by atoms with Crippen LogP contribution >= 0.6 is 15.9 Å². The van der Waals surface area contributed by atoms with Gasteiger partial charge in [-0.1, -0.05) is 41.1 Å². The van der Waals surface area contributed by atoms with Crippen LogP contribution < -0.4 is 5.32 Å². The molecular weight excluding hydrogens is 300 g/mol. The lowest BCUT2D eigenvalue weighted by Crippen LogP contribution is -2.24. The second-order valence-electron chi connectivity index (χ2n) is 4.69.